The summed E-state index contributed by atoms with van der Waals surface area (Å²) in [7, 11) is 7.12. The van der Waals surface area contributed by atoms with Crippen LogP contribution in [0.3, 0.4) is 0 Å². The van der Waals surface area contributed by atoms with Crippen LogP contribution in [0.4, 0.5) is 0 Å². The Balaban J connectivity index is 1.46. The molecule has 2 aromatic rings. The molecule has 0 atom stereocenters. The average molecular weight is 413 g/mol. The number of nitrogens with one attached hydrogen (secondary N) is 1. The zero-order valence-corrected chi connectivity index (χ0v) is 18.4. The number of nitrogens with zero attached hydrogens (tertiary/aromatic N) is 3. The summed E-state index contributed by atoms with van der Waals surface area (Å²) < 4.78 is 16.4. The predicted octanol–water partition coefficient (Wildman–Crippen LogP) is 3.14. The van der Waals surface area contributed by atoms with Crippen LogP contribution in [0.2, 0.25) is 0 Å². The van der Waals surface area contributed by atoms with Gasteiger partial charge in [0.15, 0.2) is 17.5 Å². The lowest BCUT2D eigenvalue weighted by Gasteiger charge is -2.22. The Morgan fingerprint density at radius 1 is 1.13 bits per heavy atom. The van der Waals surface area contributed by atoms with Crippen LogP contribution < -0.4 is 19.5 Å². The Labute approximate surface area is 179 Å². The topological polar surface area (TPSA) is 68.2 Å². The van der Waals surface area contributed by atoms with E-state index in [9.17, 15) is 0 Å². The van der Waals surface area contributed by atoms with Gasteiger partial charge in [-0.2, -0.15) is 0 Å². The summed E-state index contributed by atoms with van der Waals surface area (Å²) in [6.45, 7) is 2.26. The Bertz CT molecular complexity index is 835. The molecule has 1 aromatic carbocycles. The molecule has 0 amide bonds. The lowest BCUT2D eigenvalue weighted by molar-refractivity contribution is 0.288. The van der Waals surface area contributed by atoms with Crippen LogP contribution in [-0.4, -0.2) is 57.3 Å². The summed E-state index contributed by atoms with van der Waals surface area (Å²) in [4.78, 5) is 10.9. The molecule has 7 nitrogen and oxygen atoms in total. The van der Waals surface area contributed by atoms with Crippen molar-refractivity contribution in [2.45, 2.75) is 25.8 Å². The maximum Gasteiger partial charge on any atom is 0.213 e. The SMILES string of the molecule is CN=C(NCc1ccc(OCC2CC2)nc1)N(C)CCc1ccc(OC)c(OC)c1. The molecule has 0 unspecified atom stereocenters. The average Bonchev–Trinajstić information content (AvgIpc) is 3.61. The Morgan fingerprint density at radius 3 is 2.53 bits per heavy atom. The van der Waals surface area contributed by atoms with Crippen molar-refractivity contribution in [3.05, 3.63) is 47.7 Å². The van der Waals surface area contributed by atoms with Gasteiger partial charge in [-0.3, -0.25) is 4.99 Å². The number of methoxy groups -OCH3 is 2. The van der Waals surface area contributed by atoms with E-state index in [1.165, 1.54) is 18.4 Å². The van der Waals surface area contributed by atoms with E-state index in [1.807, 2.05) is 37.5 Å². The standard InChI is InChI=1S/C23H32N4O3/c1-24-23(26-15-19-8-10-22(25-14-19)30-16-18-5-6-18)27(2)12-11-17-7-9-20(28-3)21(13-17)29-4/h7-10,13-14,18H,5-6,11-12,15-16H2,1-4H3,(H,24,26). The van der Waals surface area contributed by atoms with Crippen molar-refractivity contribution >= 4 is 5.96 Å². The summed E-state index contributed by atoms with van der Waals surface area (Å²) in [5, 5.41) is 3.39. The fourth-order valence-electron chi connectivity index (χ4n) is 3.09. The third-order valence-electron chi connectivity index (χ3n) is 5.17. The van der Waals surface area contributed by atoms with Gasteiger partial charge in [0, 0.05) is 39.4 Å². The molecular formula is C23H32N4O3. The van der Waals surface area contributed by atoms with Crippen LogP contribution >= 0.6 is 0 Å². The monoisotopic (exact) mass is 412 g/mol. The second kappa shape index (κ2) is 10.7. The molecule has 3 rings (SSSR count). The van der Waals surface area contributed by atoms with Gasteiger partial charge in [-0.25, -0.2) is 4.98 Å². The number of benzene rings is 1. The number of hydrogen-bond donors (Lipinski definition) is 1. The van der Waals surface area contributed by atoms with Crippen molar-refractivity contribution in [1.29, 1.82) is 0 Å². The quantitative estimate of drug-likeness (QED) is 0.478. The lowest BCUT2D eigenvalue weighted by Crippen LogP contribution is -2.39. The van der Waals surface area contributed by atoms with E-state index in [0.717, 1.165) is 48.5 Å². The molecule has 7 heteroatoms. The molecule has 1 aliphatic rings. The van der Waals surface area contributed by atoms with Crippen molar-refractivity contribution in [3.63, 3.8) is 0 Å². The van der Waals surface area contributed by atoms with Gasteiger partial charge in [0.2, 0.25) is 5.88 Å². The first-order valence-corrected chi connectivity index (χ1v) is 10.3. The molecule has 0 aliphatic heterocycles. The summed E-state index contributed by atoms with van der Waals surface area (Å²) in [6.07, 6.45) is 5.28. The number of likely N-dealkylation sites (N-methyl/N-ethyl adjacent to an activating group) is 1. The number of aliphatic imine (C=N–C) groups is 1. The van der Waals surface area contributed by atoms with Gasteiger partial charge >= 0.3 is 0 Å². The number of guanidine groups is 1. The largest absolute Gasteiger partial charge is 0.493 e. The first kappa shape index (κ1) is 21.7. The molecule has 1 saturated carbocycles. The van der Waals surface area contributed by atoms with Crippen molar-refractivity contribution in [2.75, 3.05) is 41.5 Å². The number of hydrogen-bond acceptors (Lipinski definition) is 5. The third-order valence-corrected chi connectivity index (χ3v) is 5.17. The fraction of sp³-hybridized carbons (Fsp3) is 0.478. The van der Waals surface area contributed by atoms with Crippen LogP contribution in [0.5, 0.6) is 17.4 Å². The van der Waals surface area contributed by atoms with Crippen molar-refractivity contribution in [3.8, 4) is 17.4 Å². The van der Waals surface area contributed by atoms with Crippen LogP contribution in [-0.2, 0) is 13.0 Å². The molecular weight excluding hydrogens is 380 g/mol. The van der Waals surface area contributed by atoms with Gasteiger partial charge in [0.1, 0.15) is 0 Å². The Hall–Kier alpha value is -2.96. The zero-order chi connectivity index (χ0) is 21.3. The van der Waals surface area contributed by atoms with Crippen LogP contribution in [0.15, 0.2) is 41.5 Å². The van der Waals surface area contributed by atoms with Crippen LogP contribution in [0.25, 0.3) is 0 Å². The van der Waals surface area contributed by atoms with Crippen LogP contribution in [0, 0.1) is 5.92 Å². The van der Waals surface area contributed by atoms with E-state index in [-0.39, 0.29) is 0 Å². The second-order valence-electron chi connectivity index (χ2n) is 7.52. The van der Waals surface area contributed by atoms with Gasteiger partial charge in [-0.1, -0.05) is 12.1 Å². The van der Waals surface area contributed by atoms with Gasteiger partial charge in [-0.05, 0) is 48.4 Å². The third kappa shape index (κ3) is 6.27. The maximum absolute atomic E-state index is 5.69. The van der Waals surface area contributed by atoms with Crippen molar-refractivity contribution < 1.29 is 14.2 Å². The molecule has 0 radical (unpaired) electrons. The smallest absolute Gasteiger partial charge is 0.213 e. The molecule has 162 valence electrons. The number of aromatic nitrogens is 1. The van der Waals surface area contributed by atoms with E-state index in [0.29, 0.717) is 12.4 Å². The number of pyridine rings is 1. The Kier molecular flexibility index (Phi) is 7.76. The summed E-state index contributed by atoms with van der Waals surface area (Å²) >= 11 is 0. The minimum atomic E-state index is 0.656. The summed E-state index contributed by atoms with van der Waals surface area (Å²) in [5.74, 6) is 3.75. The predicted molar refractivity (Wildman–Crippen MR) is 119 cm³/mol. The molecule has 0 bridgehead atoms. The molecule has 1 aliphatic carbocycles. The first-order chi connectivity index (χ1) is 14.6. The highest BCUT2D eigenvalue weighted by Gasteiger charge is 2.22. The molecule has 1 aromatic heterocycles. The molecule has 1 fully saturated rings. The highest BCUT2D eigenvalue weighted by Crippen LogP contribution is 2.29. The van der Waals surface area contributed by atoms with E-state index >= 15 is 0 Å². The molecule has 0 spiro atoms. The summed E-state index contributed by atoms with van der Waals surface area (Å²) in [6, 6.07) is 9.99. The first-order valence-electron chi connectivity index (χ1n) is 10.3. The van der Waals surface area contributed by atoms with E-state index in [4.69, 9.17) is 14.2 Å². The zero-order valence-electron chi connectivity index (χ0n) is 18.4. The van der Waals surface area contributed by atoms with Gasteiger partial charge in [0.05, 0.1) is 20.8 Å². The molecule has 0 saturated heterocycles. The van der Waals surface area contributed by atoms with E-state index in [1.54, 1.807) is 21.3 Å². The van der Waals surface area contributed by atoms with Crippen LogP contribution in [0.1, 0.15) is 24.0 Å². The molecule has 30 heavy (non-hydrogen) atoms. The normalized spacial score (nSPS) is 13.7. The molecule has 1 N–H and O–H groups in total. The number of rotatable bonds is 10. The summed E-state index contributed by atoms with van der Waals surface area (Å²) in [5.41, 5.74) is 2.27. The highest BCUT2D eigenvalue weighted by atomic mass is 16.5. The highest BCUT2D eigenvalue weighted by molar-refractivity contribution is 5.79. The van der Waals surface area contributed by atoms with Crippen molar-refractivity contribution in [2.24, 2.45) is 10.9 Å². The lowest BCUT2D eigenvalue weighted by atomic mass is 10.1. The van der Waals surface area contributed by atoms with E-state index in [2.05, 4.69) is 26.3 Å². The van der Waals surface area contributed by atoms with Crippen molar-refractivity contribution in [1.82, 2.24) is 15.2 Å². The van der Waals surface area contributed by atoms with Gasteiger partial charge < -0.3 is 24.4 Å². The molecule has 1 heterocycles. The minimum Gasteiger partial charge on any atom is -0.493 e. The van der Waals surface area contributed by atoms with Gasteiger partial charge in [0.25, 0.3) is 0 Å². The fourth-order valence-corrected chi connectivity index (χ4v) is 3.09. The van der Waals surface area contributed by atoms with Gasteiger partial charge in [-0.15, -0.1) is 0 Å². The van der Waals surface area contributed by atoms with E-state index < -0.39 is 0 Å². The Morgan fingerprint density at radius 2 is 1.90 bits per heavy atom. The second-order valence-corrected chi connectivity index (χ2v) is 7.52. The number of ether oxygens (including phenoxy) is 3. The maximum atomic E-state index is 5.69. The minimum absolute atomic E-state index is 0.656.